The molecule has 0 spiro atoms. The Morgan fingerprint density at radius 2 is 2.00 bits per heavy atom. The molecule has 33 heavy (non-hydrogen) atoms. The standard InChI is InChI=1S/C25H26BrNO6/c1-25(2)16-9-13(32-11-19-23(30)18(28)10-20(31-3)33-19)5-7-14(16)22(29)21-15-6-4-12(26)8-17(15)27-24(21)25/h4-9,18-20,23,27-28,30H,10-11H2,1-3H3/t18?,19-,20+,23+/m1/s1. The van der Waals surface area contributed by atoms with Crippen molar-refractivity contribution in [1.29, 1.82) is 0 Å². The van der Waals surface area contributed by atoms with Gasteiger partial charge < -0.3 is 29.4 Å². The van der Waals surface area contributed by atoms with E-state index in [1.54, 1.807) is 12.1 Å². The first-order valence-corrected chi connectivity index (χ1v) is 11.7. The molecule has 8 heteroatoms. The molecule has 1 aliphatic heterocycles. The van der Waals surface area contributed by atoms with Crippen LogP contribution in [0.25, 0.3) is 10.9 Å². The summed E-state index contributed by atoms with van der Waals surface area (Å²) in [6, 6.07) is 11.3. The van der Waals surface area contributed by atoms with Gasteiger partial charge in [-0.3, -0.25) is 4.79 Å². The summed E-state index contributed by atoms with van der Waals surface area (Å²) in [4.78, 5) is 16.9. The number of carbonyl (C=O) groups excluding carboxylic acids is 1. The van der Waals surface area contributed by atoms with Gasteiger partial charge in [0.2, 0.25) is 0 Å². The van der Waals surface area contributed by atoms with Crippen molar-refractivity contribution < 1.29 is 29.2 Å². The average molecular weight is 516 g/mol. The number of H-pyrrole nitrogens is 1. The lowest BCUT2D eigenvalue weighted by Gasteiger charge is -2.36. The molecule has 2 aliphatic rings. The van der Waals surface area contributed by atoms with Crippen molar-refractivity contribution in [2.24, 2.45) is 0 Å². The van der Waals surface area contributed by atoms with E-state index in [0.717, 1.165) is 26.6 Å². The lowest BCUT2D eigenvalue weighted by molar-refractivity contribution is -0.247. The molecule has 0 saturated carbocycles. The molecule has 2 heterocycles. The van der Waals surface area contributed by atoms with Crippen molar-refractivity contribution >= 4 is 32.6 Å². The summed E-state index contributed by atoms with van der Waals surface area (Å²) in [6.07, 6.45) is -3.15. The van der Waals surface area contributed by atoms with E-state index in [-0.39, 0.29) is 18.8 Å². The van der Waals surface area contributed by atoms with Crippen molar-refractivity contribution in [3.63, 3.8) is 0 Å². The van der Waals surface area contributed by atoms with Crippen LogP contribution in [0.2, 0.25) is 0 Å². The number of ether oxygens (including phenoxy) is 3. The van der Waals surface area contributed by atoms with Crippen LogP contribution in [0.4, 0.5) is 0 Å². The zero-order valence-electron chi connectivity index (χ0n) is 18.6. The molecule has 4 atom stereocenters. The second kappa shape index (κ2) is 8.21. The lowest BCUT2D eigenvalue weighted by atomic mass is 9.71. The van der Waals surface area contributed by atoms with E-state index in [9.17, 15) is 15.0 Å². The van der Waals surface area contributed by atoms with Gasteiger partial charge in [0.05, 0.1) is 11.7 Å². The van der Waals surface area contributed by atoms with Gasteiger partial charge in [0.25, 0.3) is 0 Å². The number of carbonyl (C=O) groups is 1. The van der Waals surface area contributed by atoms with Crippen LogP contribution in [-0.4, -0.2) is 59.3 Å². The zero-order chi connectivity index (χ0) is 23.5. The highest BCUT2D eigenvalue weighted by Gasteiger charge is 2.40. The second-order valence-electron chi connectivity index (χ2n) is 9.17. The molecule has 0 bridgehead atoms. The first kappa shape index (κ1) is 22.6. The molecule has 174 valence electrons. The minimum atomic E-state index is -1.07. The Morgan fingerprint density at radius 1 is 1.21 bits per heavy atom. The van der Waals surface area contributed by atoms with E-state index in [2.05, 4.69) is 34.8 Å². The van der Waals surface area contributed by atoms with Crippen LogP contribution in [0.3, 0.4) is 0 Å². The largest absolute Gasteiger partial charge is 0.491 e. The Hall–Kier alpha value is -2.23. The van der Waals surface area contributed by atoms with E-state index in [1.165, 1.54) is 7.11 Å². The number of aliphatic hydroxyl groups is 2. The predicted octanol–water partition coefficient (Wildman–Crippen LogP) is 3.66. The molecule has 1 unspecified atom stereocenters. The zero-order valence-corrected chi connectivity index (χ0v) is 20.2. The first-order valence-electron chi connectivity index (χ1n) is 10.9. The first-order chi connectivity index (χ1) is 15.7. The van der Waals surface area contributed by atoms with Crippen molar-refractivity contribution in [2.45, 2.75) is 50.3 Å². The topological polar surface area (TPSA) is 101 Å². The smallest absolute Gasteiger partial charge is 0.195 e. The Bertz CT molecular complexity index is 1240. The number of ketones is 1. The normalized spacial score (nSPS) is 26.2. The number of benzene rings is 2. The number of halogens is 1. The number of aromatic nitrogens is 1. The summed E-state index contributed by atoms with van der Waals surface area (Å²) in [5.41, 5.74) is 3.55. The molecular formula is C25H26BrNO6. The Balaban J connectivity index is 1.45. The third kappa shape index (κ3) is 3.70. The number of fused-ring (bicyclic) bond motifs is 4. The van der Waals surface area contributed by atoms with E-state index < -0.39 is 30.0 Å². The number of hydrogen-bond donors (Lipinski definition) is 3. The third-order valence-electron chi connectivity index (χ3n) is 6.73. The van der Waals surface area contributed by atoms with E-state index >= 15 is 0 Å². The Kier molecular flexibility index (Phi) is 5.61. The molecular weight excluding hydrogens is 490 g/mol. The maximum absolute atomic E-state index is 13.5. The molecule has 1 aliphatic carbocycles. The molecule has 7 nitrogen and oxygen atoms in total. The minimum Gasteiger partial charge on any atom is -0.491 e. The number of rotatable bonds is 4. The highest BCUT2D eigenvalue weighted by molar-refractivity contribution is 9.10. The highest BCUT2D eigenvalue weighted by atomic mass is 79.9. The molecule has 1 fully saturated rings. The van der Waals surface area contributed by atoms with E-state index in [0.29, 0.717) is 16.9 Å². The van der Waals surface area contributed by atoms with Crippen LogP contribution in [-0.2, 0) is 14.9 Å². The van der Waals surface area contributed by atoms with Crippen LogP contribution in [0.1, 0.15) is 47.4 Å². The molecule has 0 amide bonds. The van der Waals surface area contributed by atoms with Crippen LogP contribution in [0, 0.1) is 0 Å². The summed E-state index contributed by atoms with van der Waals surface area (Å²) >= 11 is 3.50. The highest BCUT2D eigenvalue weighted by Crippen LogP contribution is 2.45. The van der Waals surface area contributed by atoms with Crippen molar-refractivity contribution in [3.05, 3.63) is 63.3 Å². The molecule has 1 saturated heterocycles. The molecule has 5 rings (SSSR count). The average Bonchev–Trinajstić information content (AvgIpc) is 3.18. The summed E-state index contributed by atoms with van der Waals surface area (Å²) in [5.74, 6) is 0.540. The molecule has 2 aromatic carbocycles. The number of aliphatic hydroxyl groups excluding tert-OH is 2. The van der Waals surface area contributed by atoms with E-state index in [4.69, 9.17) is 14.2 Å². The number of nitrogens with one attached hydrogen (secondary N) is 1. The van der Waals surface area contributed by atoms with Gasteiger partial charge in [0.1, 0.15) is 24.6 Å². The van der Waals surface area contributed by atoms with E-state index in [1.807, 2.05) is 24.3 Å². The number of methoxy groups -OCH3 is 1. The van der Waals surface area contributed by atoms with Crippen LogP contribution in [0.5, 0.6) is 5.75 Å². The van der Waals surface area contributed by atoms with Gasteiger partial charge in [-0.25, -0.2) is 0 Å². The lowest BCUT2D eigenvalue weighted by Crippen LogP contribution is -2.51. The maximum Gasteiger partial charge on any atom is 0.195 e. The Labute approximate surface area is 199 Å². The summed E-state index contributed by atoms with van der Waals surface area (Å²) in [5, 5.41) is 21.2. The second-order valence-corrected chi connectivity index (χ2v) is 10.1. The fourth-order valence-corrected chi connectivity index (χ4v) is 5.22. The number of hydrogen-bond acceptors (Lipinski definition) is 6. The van der Waals surface area contributed by atoms with Gasteiger partial charge in [-0.05, 0) is 35.9 Å². The molecule has 3 N–H and O–H groups in total. The van der Waals surface area contributed by atoms with Gasteiger partial charge >= 0.3 is 0 Å². The fourth-order valence-electron chi connectivity index (χ4n) is 4.86. The fraction of sp³-hybridized carbons (Fsp3) is 0.400. The van der Waals surface area contributed by atoms with Crippen molar-refractivity contribution in [2.75, 3.05) is 13.7 Å². The molecule has 3 aromatic rings. The minimum absolute atomic E-state index is 0.0171. The van der Waals surface area contributed by atoms with Gasteiger partial charge in [0, 0.05) is 45.6 Å². The van der Waals surface area contributed by atoms with Crippen LogP contribution in [0.15, 0.2) is 40.9 Å². The van der Waals surface area contributed by atoms with Crippen LogP contribution >= 0.6 is 15.9 Å². The van der Waals surface area contributed by atoms with Crippen molar-refractivity contribution in [1.82, 2.24) is 4.98 Å². The number of aromatic amines is 1. The maximum atomic E-state index is 13.5. The van der Waals surface area contributed by atoms with Gasteiger partial charge in [0.15, 0.2) is 12.1 Å². The molecule has 0 radical (unpaired) electrons. The monoisotopic (exact) mass is 515 g/mol. The quantitative estimate of drug-likeness (QED) is 0.490. The summed E-state index contributed by atoms with van der Waals surface area (Å²) in [6.45, 7) is 4.20. The van der Waals surface area contributed by atoms with Crippen LogP contribution < -0.4 is 4.74 Å². The third-order valence-corrected chi connectivity index (χ3v) is 7.23. The van der Waals surface area contributed by atoms with Gasteiger partial charge in [-0.15, -0.1) is 0 Å². The predicted molar refractivity (Wildman–Crippen MR) is 126 cm³/mol. The summed E-state index contributed by atoms with van der Waals surface area (Å²) < 4.78 is 17.7. The summed E-state index contributed by atoms with van der Waals surface area (Å²) in [7, 11) is 1.49. The molecule has 1 aromatic heterocycles. The van der Waals surface area contributed by atoms with Gasteiger partial charge in [-0.2, -0.15) is 0 Å². The van der Waals surface area contributed by atoms with Gasteiger partial charge in [-0.1, -0.05) is 35.8 Å². The Morgan fingerprint density at radius 3 is 2.76 bits per heavy atom. The SMILES string of the molecule is CO[C@@H]1CC(O)[C@H](O)[C@@H](COc2ccc3c(c2)C(C)(C)c2[nH]c4cc(Br)ccc4c2C3=O)O1. The van der Waals surface area contributed by atoms with Crippen molar-refractivity contribution in [3.8, 4) is 5.75 Å².